The molecule has 1 aromatic heterocycles. The average Bonchev–Trinajstić information content (AvgIpc) is 2.96. The summed E-state index contributed by atoms with van der Waals surface area (Å²) in [7, 11) is 0. The molecule has 2 aromatic carbocycles. The van der Waals surface area contributed by atoms with Gasteiger partial charge in [-0.1, -0.05) is 35.9 Å². The van der Waals surface area contributed by atoms with E-state index >= 15 is 0 Å². The number of aromatic amines is 1. The van der Waals surface area contributed by atoms with E-state index in [-0.39, 0.29) is 18.2 Å². The largest absolute Gasteiger partial charge is 0.361 e. The van der Waals surface area contributed by atoms with Gasteiger partial charge < -0.3 is 4.98 Å². The van der Waals surface area contributed by atoms with Crippen molar-refractivity contribution in [2.45, 2.75) is 13.3 Å². The van der Waals surface area contributed by atoms with Crippen LogP contribution in [-0.4, -0.2) is 16.8 Å². The standard InChI is InChI=1S/C18H17N3O2/c1-12-5-4-6-13(9-12)18(23)21-20-17(22)10-14-11-19-16-8-3-2-7-15(14)16/h2-9,11,19H,10H2,1H3,(H,20,22)(H,21,23). The van der Waals surface area contributed by atoms with Gasteiger partial charge in [0.15, 0.2) is 0 Å². The molecule has 23 heavy (non-hydrogen) atoms. The summed E-state index contributed by atoms with van der Waals surface area (Å²) in [5, 5.41) is 1.01. The molecule has 0 saturated heterocycles. The maximum atomic E-state index is 12.0. The lowest BCUT2D eigenvalue weighted by molar-refractivity contribution is -0.121. The monoisotopic (exact) mass is 307 g/mol. The summed E-state index contributed by atoms with van der Waals surface area (Å²) in [6.07, 6.45) is 2.00. The van der Waals surface area contributed by atoms with Crippen LogP contribution in [-0.2, 0) is 11.2 Å². The number of aryl methyl sites for hydroxylation is 1. The van der Waals surface area contributed by atoms with Gasteiger partial charge in [0.05, 0.1) is 6.42 Å². The lowest BCUT2D eigenvalue weighted by atomic mass is 10.1. The minimum Gasteiger partial charge on any atom is -0.361 e. The van der Waals surface area contributed by atoms with Crippen LogP contribution in [0.15, 0.2) is 54.7 Å². The summed E-state index contributed by atoms with van der Waals surface area (Å²) in [5.74, 6) is -0.600. The van der Waals surface area contributed by atoms with Crippen LogP contribution in [0.25, 0.3) is 10.9 Å². The fourth-order valence-corrected chi connectivity index (χ4v) is 2.48. The Kier molecular flexibility index (Phi) is 4.10. The van der Waals surface area contributed by atoms with Gasteiger partial charge in [-0.25, -0.2) is 0 Å². The number of amides is 2. The fourth-order valence-electron chi connectivity index (χ4n) is 2.48. The predicted octanol–water partition coefficient (Wildman–Crippen LogP) is 2.48. The maximum absolute atomic E-state index is 12.0. The molecule has 0 aliphatic heterocycles. The van der Waals surface area contributed by atoms with Crippen molar-refractivity contribution >= 4 is 22.7 Å². The van der Waals surface area contributed by atoms with E-state index in [1.165, 1.54) is 0 Å². The molecule has 3 rings (SSSR count). The van der Waals surface area contributed by atoms with E-state index < -0.39 is 0 Å². The third-order valence-electron chi connectivity index (χ3n) is 3.62. The van der Waals surface area contributed by atoms with Crippen molar-refractivity contribution in [3.05, 3.63) is 71.4 Å². The van der Waals surface area contributed by atoms with Gasteiger partial charge in [-0.05, 0) is 30.7 Å². The number of hydrogen-bond acceptors (Lipinski definition) is 2. The molecule has 3 aromatic rings. The Morgan fingerprint density at radius 1 is 1.04 bits per heavy atom. The number of rotatable bonds is 3. The highest BCUT2D eigenvalue weighted by Gasteiger charge is 2.10. The third kappa shape index (κ3) is 3.40. The first kappa shape index (κ1) is 14.8. The highest BCUT2D eigenvalue weighted by molar-refractivity contribution is 5.96. The second kappa shape index (κ2) is 6.36. The van der Waals surface area contributed by atoms with Crippen LogP contribution in [0, 0.1) is 6.92 Å². The van der Waals surface area contributed by atoms with E-state index in [0.29, 0.717) is 5.56 Å². The molecule has 2 amide bonds. The van der Waals surface area contributed by atoms with Crippen LogP contribution in [0.1, 0.15) is 21.5 Å². The lowest BCUT2D eigenvalue weighted by Gasteiger charge is -2.07. The number of hydrogen-bond donors (Lipinski definition) is 3. The molecular formula is C18H17N3O2. The minimum absolute atomic E-state index is 0.193. The number of benzene rings is 2. The topological polar surface area (TPSA) is 74.0 Å². The Bertz CT molecular complexity index is 867. The zero-order valence-corrected chi connectivity index (χ0v) is 12.7. The first-order valence-corrected chi connectivity index (χ1v) is 7.34. The van der Waals surface area contributed by atoms with Crippen molar-refractivity contribution < 1.29 is 9.59 Å². The van der Waals surface area contributed by atoms with Gasteiger partial charge >= 0.3 is 0 Å². The van der Waals surface area contributed by atoms with Crippen molar-refractivity contribution in [2.75, 3.05) is 0 Å². The first-order valence-electron chi connectivity index (χ1n) is 7.34. The van der Waals surface area contributed by atoms with Crippen molar-refractivity contribution in [3.63, 3.8) is 0 Å². The van der Waals surface area contributed by atoms with Crippen molar-refractivity contribution in [3.8, 4) is 0 Å². The SMILES string of the molecule is Cc1cccc(C(=O)NNC(=O)Cc2c[nH]c3ccccc23)c1. The van der Waals surface area contributed by atoms with Crippen LogP contribution in [0.4, 0.5) is 0 Å². The summed E-state index contributed by atoms with van der Waals surface area (Å²) in [4.78, 5) is 27.1. The molecule has 0 spiro atoms. The van der Waals surface area contributed by atoms with Crippen LogP contribution in [0.2, 0.25) is 0 Å². The Morgan fingerprint density at radius 3 is 2.70 bits per heavy atom. The van der Waals surface area contributed by atoms with Gasteiger partial charge in [-0.2, -0.15) is 0 Å². The van der Waals surface area contributed by atoms with Crippen molar-refractivity contribution in [1.29, 1.82) is 0 Å². The number of H-pyrrole nitrogens is 1. The minimum atomic E-state index is -0.332. The van der Waals surface area contributed by atoms with E-state index in [0.717, 1.165) is 22.0 Å². The number of aromatic nitrogens is 1. The van der Waals surface area contributed by atoms with Gasteiger partial charge in [0.1, 0.15) is 0 Å². The third-order valence-corrected chi connectivity index (χ3v) is 3.62. The highest BCUT2D eigenvalue weighted by atomic mass is 16.2. The first-order chi connectivity index (χ1) is 11.1. The molecule has 0 bridgehead atoms. The Balaban J connectivity index is 1.60. The predicted molar refractivity (Wildman–Crippen MR) is 88.8 cm³/mol. The van der Waals surface area contributed by atoms with Crippen LogP contribution in [0.3, 0.4) is 0 Å². The van der Waals surface area contributed by atoms with E-state index in [9.17, 15) is 9.59 Å². The molecule has 0 radical (unpaired) electrons. The summed E-state index contributed by atoms with van der Waals surface area (Å²) in [5.41, 5.74) is 8.27. The number of nitrogens with one attached hydrogen (secondary N) is 3. The van der Waals surface area contributed by atoms with Gasteiger partial charge in [-0.3, -0.25) is 20.4 Å². The number of carbonyl (C=O) groups is 2. The van der Waals surface area contributed by atoms with Gasteiger partial charge in [0, 0.05) is 22.7 Å². The Labute approximate surface area is 133 Å². The van der Waals surface area contributed by atoms with Gasteiger partial charge in [0.25, 0.3) is 5.91 Å². The second-order valence-corrected chi connectivity index (χ2v) is 5.41. The Morgan fingerprint density at radius 2 is 1.87 bits per heavy atom. The Hall–Kier alpha value is -3.08. The highest BCUT2D eigenvalue weighted by Crippen LogP contribution is 2.17. The van der Waals surface area contributed by atoms with E-state index in [1.807, 2.05) is 43.5 Å². The molecule has 5 heteroatoms. The van der Waals surface area contributed by atoms with Crippen LogP contribution >= 0.6 is 0 Å². The number of carbonyl (C=O) groups excluding carboxylic acids is 2. The maximum Gasteiger partial charge on any atom is 0.269 e. The molecule has 0 atom stereocenters. The summed E-state index contributed by atoms with van der Waals surface area (Å²) in [6.45, 7) is 1.91. The second-order valence-electron chi connectivity index (χ2n) is 5.41. The van der Waals surface area contributed by atoms with Crippen LogP contribution in [0.5, 0.6) is 0 Å². The molecule has 0 saturated carbocycles. The normalized spacial score (nSPS) is 10.5. The molecule has 0 aliphatic rings. The van der Waals surface area contributed by atoms with E-state index in [2.05, 4.69) is 15.8 Å². The number of fused-ring (bicyclic) bond motifs is 1. The van der Waals surface area contributed by atoms with Crippen LogP contribution < -0.4 is 10.9 Å². The fraction of sp³-hybridized carbons (Fsp3) is 0.111. The molecule has 1 heterocycles. The zero-order chi connectivity index (χ0) is 16.2. The zero-order valence-electron chi connectivity index (χ0n) is 12.7. The number of hydrazine groups is 1. The molecule has 3 N–H and O–H groups in total. The molecular weight excluding hydrogens is 290 g/mol. The molecule has 0 aliphatic carbocycles. The quantitative estimate of drug-likeness (QED) is 0.650. The van der Waals surface area contributed by atoms with E-state index in [1.54, 1.807) is 18.2 Å². The molecule has 0 fully saturated rings. The van der Waals surface area contributed by atoms with Gasteiger partial charge in [0.2, 0.25) is 5.91 Å². The molecule has 5 nitrogen and oxygen atoms in total. The summed E-state index contributed by atoms with van der Waals surface area (Å²) < 4.78 is 0. The molecule has 116 valence electrons. The average molecular weight is 307 g/mol. The van der Waals surface area contributed by atoms with Gasteiger partial charge in [-0.15, -0.1) is 0 Å². The summed E-state index contributed by atoms with van der Waals surface area (Å²) in [6, 6.07) is 15.0. The van der Waals surface area contributed by atoms with Crippen molar-refractivity contribution in [2.24, 2.45) is 0 Å². The summed E-state index contributed by atoms with van der Waals surface area (Å²) >= 11 is 0. The smallest absolute Gasteiger partial charge is 0.269 e. The van der Waals surface area contributed by atoms with Crippen molar-refractivity contribution in [1.82, 2.24) is 15.8 Å². The molecule has 0 unspecified atom stereocenters. The van der Waals surface area contributed by atoms with E-state index in [4.69, 9.17) is 0 Å². The number of para-hydroxylation sites is 1. The lowest BCUT2D eigenvalue weighted by Crippen LogP contribution is -2.42.